The number of nitrogens with zero attached hydrogens (tertiary/aromatic N) is 1. The minimum Gasteiger partial charge on any atom is -0.459 e. The molecule has 1 saturated heterocycles. The Hall–Kier alpha value is -2.32. The first kappa shape index (κ1) is 17.5. The van der Waals surface area contributed by atoms with Gasteiger partial charge in [0.25, 0.3) is 0 Å². The lowest BCUT2D eigenvalue weighted by molar-refractivity contribution is -0.154. The Kier molecular flexibility index (Phi) is 5.72. The maximum absolute atomic E-state index is 11.9. The van der Waals surface area contributed by atoms with E-state index in [1.807, 2.05) is 18.2 Å². The highest BCUT2D eigenvalue weighted by molar-refractivity contribution is 6.32. The normalized spacial score (nSPS) is 17.8. The lowest BCUT2D eigenvalue weighted by Crippen LogP contribution is -2.45. The van der Waals surface area contributed by atoms with E-state index in [-0.39, 0.29) is 26.0 Å². The molecule has 0 aromatic heterocycles. The van der Waals surface area contributed by atoms with Gasteiger partial charge in [-0.1, -0.05) is 6.07 Å². The Balaban J connectivity index is 1.73. The van der Waals surface area contributed by atoms with Crippen LogP contribution in [0.1, 0.15) is 18.5 Å². The van der Waals surface area contributed by atoms with E-state index in [0.717, 1.165) is 18.7 Å². The predicted molar refractivity (Wildman–Crippen MR) is 87.3 cm³/mol. The quantitative estimate of drug-likeness (QED) is 0.610. The van der Waals surface area contributed by atoms with Crippen molar-refractivity contribution >= 4 is 11.9 Å². The summed E-state index contributed by atoms with van der Waals surface area (Å²) in [5.74, 6) is -0.206. The van der Waals surface area contributed by atoms with Crippen molar-refractivity contribution in [2.24, 2.45) is 0 Å². The van der Waals surface area contributed by atoms with E-state index in [2.05, 4.69) is 10.2 Å². The van der Waals surface area contributed by atoms with Gasteiger partial charge in [0, 0.05) is 19.6 Å². The summed E-state index contributed by atoms with van der Waals surface area (Å²) in [5, 5.41) is 2.66. The minimum absolute atomic E-state index is 0.100. The maximum atomic E-state index is 11.9. The molecule has 2 aliphatic rings. The van der Waals surface area contributed by atoms with Crippen LogP contribution in [0, 0.1) is 0 Å². The first-order valence-electron chi connectivity index (χ1n) is 8.35. The van der Waals surface area contributed by atoms with Crippen molar-refractivity contribution in [1.82, 2.24) is 10.2 Å². The second kappa shape index (κ2) is 8.17. The first-order valence-corrected chi connectivity index (χ1v) is 8.35. The third kappa shape index (κ3) is 4.21. The SMILES string of the molecule is CCOC(=O)C(=O)NCC(c1ccc2c(c1)OCO2)N1CCOCC1. The van der Waals surface area contributed by atoms with Crippen LogP contribution in [-0.2, 0) is 19.1 Å². The number of rotatable bonds is 5. The van der Waals surface area contributed by atoms with Crippen molar-refractivity contribution in [2.75, 3.05) is 46.2 Å². The van der Waals surface area contributed by atoms with E-state index in [1.54, 1.807) is 6.92 Å². The number of fused-ring (bicyclic) bond motifs is 1. The maximum Gasteiger partial charge on any atom is 0.396 e. The topological polar surface area (TPSA) is 86.3 Å². The van der Waals surface area contributed by atoms with Crippen LogP contribution in [0.5, 0.6) is 11.5 Å². The van der Waals surface area contributed by atoms with Crippen molar-refractivity contribution in [3.63, 3.8) is 0 Å². The van der Waals surface area contributed by atoms with Crippen LogP contribution in [0.4, 0.5) is 0 Å². The van der Waals surface area contributed by atoms with Crippen LogP contribution < -0.4 is 14.8 Å². The largest absolute Gasteiger partial charge is 0.459 e. The standard InChI is InChI=1S/C17H22N2O6/c1-2-23-17(21)16(20)18-10-13(19-5-7-22-8-6-19)12-3-4-14-15(9-12)25-11-24-14/h3-4,9,13H,2,5-8,10-11H2,1H3,(H,18,20). The highest BCUT2D eigenvalue weighted by Gasteiger charge is 2.26. The summed E-state index contributed by atoms with van der Waals surface area (Å²) in [6.07, 6.45) is 0. The summed E-state index contributed by atoms with van der Waals surface area (Å²) < 4.78 is 20.9. The number of hydrogen-bond acceptors (Lipinski definition) is 7. The number of esters is 1. The molecule has 1 unspecified atom stereocenters. The van der Waals surface area contributed by atoms with Gasteiger partial charge in [-0.25, -0.2) is 4.79 Å². The second-order valence-corrected chi connectivity index (χ2v) is 5.71. The fourth-order valence-corrected chi connectivity index (χ4v) is 2.93. The number of carbonyl (C=O) groups excluding carboxylic acids is 2. The molecule has 1 aromatic carbocycles. The van der Waals surface area contributed by atoms with Gasteiger partial charge in [0.05, 0.1) is 25.9 Å². The zero-order chi connectivity index (χ0) is 17.6. The molecule has 0 spiro atoms. The second-order valence-electron chi connectivity index (χ2n) is 5.71. The lowest BCUT2D eigenvalue weighted by Gasteiger charge is -2.34. The summed E-state index contributed by atoms with van der Waals surface area (Å²) >= 11 is 0. The lowest BCUT2D eigenvalue weighted by atomic mass is 10.0. The molecule has 0 aliphatic carbocycles. The number of morpholine rings is 1. The van der Waals surface area contributed by atoms with Crippen LogP contribution in [0.3, 0.4) is 0 Å². The molecule has 8 nitrogen and oxygen atoms in total. The molecule has 1 aromatic rings. The first-order chi connectivity index (χ1) is 12.2. The van der Waals surface area contributed by atoms with Crippen molar-refractivity contribution < 1.29 is 28.5 Å². The van der Waals surface area contributed by atoms with Crippen LogP contribution in [0.25, 0.3) is 0 Å². The third-order valence-electron chi connectivity index (χ3n) is 4.18. The number of nitrogens with one attached hydrogen (secondary N) is 1. The van der Waals surface area contributed by atoms with Crippen molar-refractivity contribution in [3.05, 3.63) is 23.8 Å². The number of benzene rings is 1. The summed E-state index contributed by atoms with van der Waals surface area (Å²) in [7, 11) is 0. The average Bonchev–Trinajstić information content (AvgIpc) is 3.10. The van der Waals surface area contributed by atoms with Crippen LogP contribution in [-0.4, -0.2) is 63.0 Å². The van der Waals surface area contributed by atoms with E-state index in [0.29, 0.717) is 24.7 Å². The van der Waals surface area contributed by atoms with Gasteiger partial charge in [0.1, 0.15) is 0 Å². The highest BCUT2D eigenvalue weighted by Crippen LogP contribution is 2.35. The number of ether oxygens (including phenoxy) is 4. The van der Waals surface area contributed by atoms with Gasteiger partial charge in [0.15, 0.2) is 11.5 Å². The molecule has 8 heteroatoms. The van der Waals surface area contributed by atoms with Crippen LogP contribution >= 0.6 is 0 Å². The fraction of sp³-hybridized carbons (Fsp3) is 0.529. The molecule has 3 rings (SSSR count). The van der Waals surface area contributed by atoms with E-state index < -0.39 is 11.9 Å². The molecule has 0 saturated carbocycles. The van der Waals surface area contributed by atoms with Gasteiger partial charge in [-0.15, -0.1) is 0 Å². The Bertz CT molecular complexity index is 630. The Morgan fingerprint density at radius 1 is 1.24 bits per heavy atom. The van der Waals surface area contributed by atoms with E-state index in [9.17, 15) is 9.59 Å². The number of hydrogen-bond donors (Lipinski definition) is 1. The smallest absolute Gasteiger partial charge is 0.396 e. The van der Waals surface area contributed by atoms with E-state index in [1.165, 1.54) is 0 Å². The van der Waals surface area contributed by atoms with Crippen LogP contribution in [0.2, 0.25) is 0 Å². The zero-order valence-corrected chi connectivity index (χ0v) is 14.2. The Labute approximate surface area is 146 Å². The van der Waals surface area contributed by atoms with E-state index >= 15 is 0 Å². The molecule has 136 valence electrons. The molecular formula is C17H22N2O6. The Morgan fingerprint density at radius 3 is 2.76 bits per heavy atom. The van der Waals surface area contributed by atoms with Gasteiger partial charge in [0.2, 0.25) is 6.79 Å². The van der Waals surface area contributed by atoms with Gasteiger partial charge in [-0.3, -0.25) is 9.69 Å². The molecule has 1 N–H and O–H groups in total. The summed E-state index contributed by atoms with van der Waals surface area (Å²) in [6, 6.07) is 5.62. The summed E-state index contributed by atoms with van der Waals surface area (Å²) in [5.41, 5.74) is 0.982. The van der Waals surface area contributed by atoms with Gasteiger partial charge < -0.3 is 24.3 Å². The summed E-state index contributed by atoms with van der Waals surface area (Å²) in [6.45, 7) is 5.08. The van der Waals surface area contributed by atoms with Gasteiger partial charge in [-0.2, -0.15) is 0 Å². The molecule has 0 bridgehead atoms. The molecule has 25 heavy (non-hydrogen) atoms. The zero-order valence-electron chi connectivity index (χ0n) is 14.2. The Morgan fingerprint density at radius 2 is 2.00 bits per heavy atom. The van der Waals surface area contributed by atoms with Crippen molar-refractivity contribution in [1.29, 1.82) is 0 Å². The van der Waals surface area contributed by atoms with Crippen molar-refractivity contribution in [2.45, 2.75) is 13.0 Å². The molecule has 1 amide bonds. The molecular weight excluding hydrogens is 328 g/mol. The monoisotopic (exact) mass is 350 g/mol. The van der Waals surface area contributed by atoms with Gasteiger partial charge in [-0.05, 0) is 24.6 Å². The van der Waals surface area contributed by atoms with Crippen LogP contribution in [0.15, 0.2) is 18.2 Å². The molecule has 1 fully saturated rings. The third-order valence-corrected chi connectivity index (χ3v) is 4.18. The number of carbonyl (C=O) groups is 2. The van der Waals surface area contributed by atoms with Crippen molar-refractivity contribution in [3.8, 4) is 11.5 Å². The molecule has 1 atom stereocenters. The summed E-state index contributed by atoms with van der Waals surface area (Å²) in [4.78, 5) is 25.6. The number of amides is 1. The predicted octanol–water partition coefficient (Wildman–Crippen LogP) is 0.468. The van der Waals surface area contributed by atoms with Gasteiger partial charge >= 0.3 is 11.9 Å². The minimum atomic E-state index is -0.867. The fourth-order valence-electron chi connectivity index (χ4n) is 2.93. The highest BCUT2D eigenvalue weighted by atomic mass is 16.7. The molecule has 2 heterocycles. The molecule has 0 radical (unpaired) electrons. The molecule has 2 aliphatic heterocycles. The average molecular weight is 350 g/mol. The van der Waals surface area contributed by atoms with E-state index in [4.69, 9.17) is 18.9 Å².